The van der Waals surface area contributed by atoms with Gasteiger partial charge in [-0.1, -0.05) is 20.8 Å². The highest BCUT2D eigenvalue weighted by Crippen LogP contribution is 1.81. The summed E-state index contributed by atoms with van der Waals surface area (Å²) < 4.78 is 0. The zero-order valence-electron chi connectivity index (χ0n) is 6.72. The van der Waals surface area contributed by atoms with E-state index in [9.17, 15) is 0 Å². The van der Waals surface area contributed by atoms with Crippen molar-refractivity contribution in [2.24, 2.45) is 0 Å². The van der Waals surface area contributed by atoms with Crippen molar-refractivity contribution in [3.05, 3.63) is 0 Å². The summed E-state index contributed by atoms with van der Waals surface area (Å²) >= 11 is 0. The SMILES string of the molecule is CCN(CC)CC.O[PH3+]. The number of hydrogen-bond donors (Lipinski definition) is 1. The molecule has 0 aliphatic rings. The summed E-state index contributed by atoms with van der Waals surface area (Å²) in [6.07, 6.45) is 0. The molecule has 0 aliphatic heterocycles. The first-order chi connectivity index (χ1) is 4.35. The highest BCUT2D eigenvalue weighted by atomic mass is 31.0. The second-order valence-corrected chi connectivity index (χ2v) is 1.62. The van der Waals surface area contributed by atoms with Crippen LogP contribution in [0.5, 0.6) is 0 Å². The third-order valence-corrected chi connectivity index (χ3v) is 1.34. The fourth-order valence-electron chi connectivity index (χ4n) is 0.671. The van der Waals surface area contributed by atoms with Gasteiger partial charge in [0.05, 0.1) is 0 Å². The summed E-state index contributed by atoms with van der Waals surface area (Å²) in [7, 11) is 0.861. The Morgan fingerprint density at radius 2 is 1.22 bits per heavy atom. The maximum absolute atomic E-state index is 7.03. The lowest BCUT2D eigenvalue weighted by Gasteiger charge is -2.13. The molecule has 0 saturated carbocycles. The van der Waals surface area contributed by atoms with Crippen LogP contribution in [-0.4, -0.2) is 29.4 Å². The van der Waals surface area contributed by atoms with E-state index in [2.05, 4.69) is 25.7 Å². The lowest BCUT2D eigenvalue weighted by molar-refractivity contribution is 0.321. The fourth-order valence-corrected chi connectivity index (χ4v) is 0.671. The van der Waals surface area contributed by atoms with Gasteiger partial charge >= 0.3 is 0 Å². The van der Waals surface area contributed by atoms with E-state index in [1.54, 1.807) is 0 Å². The third-order valence-electron chi connectivity index (χ3n) is 1.34. The molecule has 1 unspecified atom stereocenters. The van der Waals surface area contributed by atoms with Gasteiger partial charge < -0.3 is 4.90 Å². The number of hydrogen-bond acceptors (Lipinski definition) is 2. The fraction of sp³-hybridized carbons (Fsp3) is 1.00. The molecule has 3 heteroatoms. The molecule has 58 valence electrons. The van der Waals surface area contributed by atoms with Gasteiger partial charge in [-0.25, -0.2) is 0 Å². The van der Waals surface area contributed by atoms with E-state index in [1.807, 2.05) is 0 Å². The molecule has 9 heavy (non-hydrogen) atoms. The van der Waals surface area contributed by atoms with Crippen molar-refractivity contribution in [1.82, 2.24) is 4.90 Å². The van der Waals surface area contributed by atoms with Crippen molar-refractivity contribution in [3.63, 3.8) is 0 Å². The van der Waals surface area contributed by atoms with Crippen LogP contribution in [0.2, 0.25) is 0 Å². The van der Waals surface area contributed by atoms with Gasteiger partial charge in [0.25, 0.3) is 0 Å². The molecule has 1 atom stereocenters. The minimum Gasteiger partial charge on any atom is -0.304 e. The summed E-state index contributed by atoms with van der Waals surface area (Å²) in [5.41, 5.74) is 0. The summed E-state index contributed by atoms with van der Waals surface area (Å²) in [6.45, 7) is 10.1. The molecule has 0 fully saturated rings. The van der Waals surface area contributed by atoms with Crippen LogP contribution in [-0.2, 0) is 0 Å². The Kier molecular flexibility index (Phi) is 15.0. The van der Waals surface area contributed by atoms with Crippen LogP contribution in [0.25, 0.3) is 0 Å². The van der Waals surface area contributed by atoms with Crippen molar-refractivity contribution < 1.29 is 4.89 Å². The Hall–Kier alpha value is 0.350. The molecule has 2 nitrogen and oxygen atoms in total. The van der Waals surface area contributed by atoms with E-state index in [0.717, 1.165) is 9.47 Å². The monoisotopic (exact) mass is 152 g/mol. The maximum Gasteiger partial charge on any atom is 0.103 e. The predicted octanol–water partition coefficient (Wildman–Crippen LogP) is 0.849. The average molecular weight is 152 g/mol. The molecule has 0 aromatic rings. The topological polar surface area (TPSA) is 23.5 Å². The molecule has 0 aliphatic carbocycles. The molecule has 1 N–H and O–H groups in total. The quantitative estimate of drug-likeness (QED) is 0.606. The Labute approximate surface area is 60.5 Å². The van der Waals surface area contributed by atoms with Gasteiger partial charge in [-0.2, -0.15) is 0 Å². The summed E-state index contributed by atoms with van der Waals surface area (Å²) in [5.74, 6) is 0. The van der Waals surface area contributed by atoms with Crippen molar-refractivity contribution in [2.75, 3.05) is 19.6 Å². The minimum absolute atomic E-state index is 0.861. The normalized spacial score (nSPS) is 9.00. The lowest BCUT2D eigenvalue weighted by atomic mass is 10.5. The van der Waals surface area contributed by atoms with Crippen LogP contribution >= 0.6 is 9.47 Å². The third kappa shape index (κ3) is 8.35. The molecule has 0 bridgehead atoms. The van der Waals surface area contributed by atoms with E-state index >= 15 is 0 Å². The van der Waals surface area contributed by atoms with Crippen LogP contribution in [0, 0.1) is 0 Å². The number of rotatable bonds is 3. The first-order valence-electron chi connectivity index (χ1n) is 3.39. The van der Waals surface area contributed by atoms with E-state index in [4.69, 9.17) is 4.89 Å². The molecule has 0 rings (SSSR count). The Bertz CT molecular complexity index is 34.5. The molecular formula is C6H19NOP+. The van der Waals surface area contributed by atoms with Crippen LogP contribution < -0.4 is 0 Å². The first-order valence-corrected chi connectivity index (χ1v) is 4.02. The highest BCUT2D eigenvalue weighted by Gasteiger charge is 1.89. The summed E-state index contributed by atoms with van der Waals surface area (Å²) in [5, 5.41) is 0. The minimum atomic E-state index is 0.861. The summed E-state index contributed by atoms with van der Waals surface area (Å²) in [4.78, 5) is 9.40. The van der Waals surface area contributed by atoms with Crippen molar-refractivity contribution in [2.45, 2.75) is 20.8 Å². The van der Waals surface area contributed by atoms with Crippen molar-refractivity contribution >= 4 is 9.47 Å². The number of nitrogens with zero attached hydrogens (tertiary/aromatic N) is 1. The van der Waals surface area contributed by atoms with Gasteiger partial charge in [-0.3, -0.25) is 4.89 Å². The molecular weight excluding hydrogens is 133 g/mol. The average Bonchev–Trinajstić information content (AvgIpc) is 1.96. The maximum atomic E-state index is 7.03. The first kappa shape index (κ1) is 12.1. The summed E-state index contributed by atoms with van der Waals surface area (Å²) in [6, 6.07) is 0. The van der Waals surface area contributed by atoms with Crippen LogP contribution in [0.4, 0.5) is 0 Å². The second kappa shape index (κ2) is 11.2. The molecule has 0 aromatic carbocycles. The van der Waals surface area contributed by atoms with Crippen LogP contribution in [0.1, 0.15) is 20.8 Å². The Balaban J connectivity index is 0. The lowest BCUT2D eigenvalue weighted by Crippen LogP contribution is -2.21. The smallest absolute Gasteiger partial charge is 0.103 e. The van der Waals surface area contributed by atoms with Crippen molar-refractivity contribution in [3.8, 4) is 0 Å². The van der Waals surface area contributed by atoms with Crippen LogP contribution in [0.3, 0.4) is 0 Å². The second-order valence-electron chi connectivity index (χ2n) is 1.62. The zero-order chi connectivity index (χ0) is 7.70. The molecule has 0 amide bonds. The van der Waals surface area contributed by atoms with Gasteiger partial charge in [0.2, 0.25) is 0 Å². The van der Waals surface area contributed by atoms with Gasteiger partial charge in [-0.15, -0.1) is 0 Å². The van der Waals surface area contributed by atoms with E-state index in [1.165, 1.54) is 19.6 Å². The molecule has 0 aromatic heterocycles. The van der Waals surface area contributed by atoms with Gasteiger partial charge in [0.15, 0.2) is 0 Å². The zero-order valence-corrected chi connectivity index (χ0v) is 8.14. The standard InChI is InChI=1S/C6H15N.H4OP/c1-4-7(5-2)6-3;1-2/h4-6H2,1-3H3;1H,2H3/q;+1. The van der Waals surface area contributed by atoms with Gasteiger partial charge in [0.1, 0.15) is 9.47 Å². The Morgan fingerprint density at radius 1 is 1.00 bits per heavy atom. The van der Waals surface area contributed by atoms with E-state index < -0.39 is 0 Å². The van der Waals surface area contributed by atoms with Gasteiger partial charge in [0, 0.05) is 0 Å². The van der Waals surface area contributed by atoms with Crippen LogP contribution in [0.15, 0.2) is 0 Å². The van der Waals surface area contributed by atoms with Crippen molar-refractivity contribution in [1.29, 1.82) is 0 Å². The predicted molar refractivity (Wildman–Crippen MR) is 46.8 cm³/mol. The molecule has 0 heterocycles. The highest BCUT2D eigenvalue weighted by molar-refractivity contribution is 7.08. The molecule has 0 spiro atoms. The molecule has 0 saturated heterocycles. The van der Waals surface area contributed by atoms with Gasteiger partial charge in [-0.05, 0) is 19.6 Å². The van der Waals surface area contributed by atoms with E-state index in [0.29, 0.717) is 0 Å². The Morgan fingerprint density at radius 3 is 1.22 bits per heavy atom. The molecule has 0 radical (unpaired) electrons. The largest absolute Gasteiger partial charge is 0.304 e. The van der Waals surface area contributed by atoms with E-state index in [-0.39, 0.29) is 0 Å².